The molecule has 0 aliphatic rings. The summed E-state index contributed by atoms with van der Waals surface area (Å²) in [5.74, 6) is 0. The van der Waals surface area contributed by atoms with E-state index in [1.807, 2.05) is 43.3 Å². The van der Waals surface area contributed by atoms with Gasteiger partial charge in [0.2, 0.25) is 0 Å². The zero-order valence-electron chi connectivity index (χ0n) is 12.7. The summed E-state index contributed by atoms with van der Waals surface area (Å²) in [6.07, 6.45) is -2.38. The molecule has 0 aliphatic carbocycles. The number of aryl methyl sites for hydroxylation is 2. The Morgan fingerprint density at radius 1 is 0.955 bits per heavy atom. The Labute approximate surface area is 127 Å². The predicted octanol–water partition coefficient (Wildman–Crippen LogP) is 5.62. The fraction of sp³-hybridized carbons (Fsp3) is 0.333. The SMILES string of the molecule is CCCc1ccc2c3ccc(C)cc3n(CC(F)(F)F)c2c1. The molecule has 0 aliphatic heterocycles. The van der Waals surface area contributed by atoms with Crippen LogP contribution in [0.15, 0.2) is 36.4 Å². The van der Waals surface area contributed by atoms with Crippen molar-refractivity contribution < 1.29 is 13.2 Å². The van der Waals surface area contributed by atoms with Crippen molar-refractivity contribution in [3.63, 3.8) is 0 Å². The summed E-state index contributed by atoms with van der Waals surface area (Å²) < 4.78 is 40.4. The normalized spacial score (nSPS) is 12.4. The smallest absolute Gasteiger partial charge is 0.331 e. The predicted molar refractivity (Wildman–Crippen MR) is 84.2 cm³/mol. The summed E-state index contributed by atoms with van der Waals surface area (Å²) in [6, 6.07) is 11.6. The van der Waals surface area contributed by atoms with E-state index in [1.54, 1.807) is 0 Å². The fourth-order valence-electron chi connectivity index (χ4n) is 3.04. The Balaban J connectivity index is 2.32. The molecule has 0 fully saturated rings. The van der Waals surface area contributed by atoms with Gasteiger partial charge in [-0.05, 0) is 36.6 Å². The van der Waals surface area contributed by atoms with Crippen molar-refractivity contribution in [2.75, 3.05) is 0 Å². The van der Waals surface area contributed by atoms with Gasteiger partial charge < -0.3 is 4.57 Å². The molecule has 116 valence electrons. The van der Waals surface area contributed by atoms with Crippen LogP contribution in [0.4, 0.5) is 13.2 Å². The highest BCUT2D eigenvalue weighted by atomic mass is 19.4. The Morgan fingerprint density at radius 2 is 1.59 bits per heavy atom. The van der Waals surface area contributed by atoms with Crippen molar-refractivity contribution in [1.82, 2.24) is 4.57 Å². The lowest BCUT2D eigenvalue weighted by Gasteiger charge is -2.11. The first kappa shape index (κ1) is 14.9. The van der Waals surface area contributed by atoms with E-state index in [-0.39, 0.29) is 0 Å². The molecular weight excluding hydrogens is 287 g/mol. The van der Waals surface area contributed by atoms with Crippen LogP contribution in [0.1, 0.15) is 24.5 Å². The van der Waals surface area contributed by atoms with Gasteiger partial charge in [-0.2, -0.15) is 13.2 Å². The third-order valence-electron chi connectivity index (χ3n) is 3.96. The van der Waals surface area contributed by atoms with Gasteiger partial charge in [0.1, 0.15) is 6.54 Å². The Morgan fingerprint density at radius 3 is 2.23 bits per heavy atom. The third kappa shape index (κ3) is 2.70. The molecule has 1 heterocycles. The van der Waals surface area contributed by atoms with Gasteiger partial charge in [-0.3, -0.25) is 0 Å². The highest BCUT2D eigenvalue weighted by Crippen LogP contribution is 2.33. The molecule has 4 heteroatoms. The second-order valence-corrected chi connectivity index (χ2v) is 5.82. The van der Waals surface area contributed by atoms with Crippen molar-refractivity contribution in [2.45, 2.75) is 39.4 Å². The topological polar surface area (TPSA) is 4.93 Å². The molecule has 0 N–H and O–H groups in total. The van der Waals surface area contributed by atoms with E-state index in [2.05, 4.69) is 6.92 Å². The minimum absolute atomic E-state index is 0.654. The van der Waals surface area contributed by atoms with Crippen LogP contribution < -0.4 is 0 Å². The minimum atomic E-state index is -4.23. The molecule has 1 nitrogen and oxygen atoms in total. The second kappa shape index (κ2) is 5.34. The lowest BCUT2D eigenvalue weighted by atomic mass is 10.1. The molecule has 0 bridgehead atoms. The zero-order valence-corrected chi connectivity index (χ0v) is 12.7. The zero-order chi connectivity index (χ0) is 15.9. The number of hydrogen-bond acceptors (Lipinski definition) is 0. The number of rotatable bonds is 3. The summed E-state index contributed by atoms with van der Waals surface area (Å²) in [7, 11) is 0. The number of halogens is 3. The Kier molecular flexibility index (Phi) is 3.63. The number of alkyl halides is 3. The summed E-state index contributed by atoms with van der Waals surface area (Å²) in [6.45, 7) is 3.02. The van der Waals surface area contributed by atoms with E-state index in [0.29, 0.717) is 11.0 Å². The number of fused-ring (bicyclic) bond motifs is 3. The Hall–Kier alpha value is -1.97. The number of hydrogen-bond donors (Lipinski definition) is 0. The van der Waals surface area contributed by atoms with Gasteiger partial charge in [-0.1, -0.05) is 37.6 Å². The van der Waals surface area contributed by atoms with Gasteiger partial charge in [-0.15, -0.1) is 0 Å². The standard InChI is InChI=1S/C18H18F3N/c1-3-4-13-6-8-15-14-7-5-12(2)9-16(14)22(17(15)10-13)11-18(19,20)21/h5-10H,3-4,11H2,1-2H3. The van der Waals surface area contributed by atoms with Gasteiger partial charge in [0.15, 0.2) is 0 Å². The van der Waals surface area contributed by atoms with E-state index in [0.717, 1.165) is 34.7 Å². The molecule has 3 rings (SSSR count). The molecule has 0 radical (unpaired) electrons. The number of nitrogens with zero attached hydrogens (tertiary/aromatic N) is 1. The molecule has 0 amide bonds. The molecule has 0 saturated heterocycles. The largest absolute Gasteiger partial charge is 0.406 e. The van der Waals surface area contributed by atoms with Crippen LogP contribution in [-0.4, -0.2) is 10.7 Å². The summed E-state index contributed by atoms with van der Waals surface area (Å²) in [4.78, 5) is 0. The van der Waals surface area contributed by atoms with Crippen molar-refractivity contribution in [1.29, 1.82) is 0 Å². The van der Waals surface area contributed by atoms with Crippen LogP contribution in [-0.2, 0) is 13.0 Å². The highest BCUT2D eigenvalue weighted by molar-refractivity contribution is 6.08. The van der Waals surface area contributed by atoms with Crippen LogP contribution >= 0.6 is 0 Å². The summed E-state index contributed by atoms with van der Waals surface area (Å²) >= 11 is 0. The minimum Gasteiger partial charge on any atom is -0.331 e. The van der Waals surface area contributed by atoms with Crippen LogP contribution in [0.3, 0.4) is 0 Å². The van der Waals surface area contributed by atoms with E-state index in [1.165, 1.54) is 4.57 Å². The van der Waals surface area contributed by atoms with Crippen molar-refractivity contribution >= 4 is 21.8 Å². The highest BCUT2D eigenvalue weighted by Gasteiger charge is 2.29. The lowest BCUT2D eigenvalue weighted by Crippen LogP contribution is -2.17. The van der Waals surface area contributed by atoms with Crippen LogP contribution in [0.2, 0.25) is 0 Å². The van der Waals surface area contributed by atoms with Gasteiger partial charge >= 0.3 is 6.18 Å². The maximum absolute atomic E-state index is 13.0. The first-order chi connectivity index (χ1) is 10.4. The summed E-state index contributed by atoms with van der Waals surface area (Å²) in [5.41, 5.74) is 3.37. The third-order valence-corrected chi connectivity index (χ3v) is 3.96. The molecule has 0 atom stereocenters. The molecule has 3 aromatic rings. The maximum atomic E-state index is 13.0. The molecular formula is C18H18F3N. The van der Waals surface area contributed by atoms with E-state index in [4.69, 9.17) is 0 Å². The second-order valence-electron chi connectivity index (χ2n) is 5.82. The van der Waals surface area contributed by atoms with Crippen LogP contribution in [0.5, 0.6) is 0 Å². The average Bonchev–Trinajstić information content (AvgIpc) is 2.71. The molecule has 22 heavy (non-hydrogen) atoms. The van der Waals surface area contributed by atoms with E-state index < -0.39 is 12.7 Å². The molecule has 0 saturated carbocycles. The average molecular weight is 305 g/mol. The first-order valence-corrected chi connectivity index (χ1v) is 7.47. The van der Waals surface area contributed by atoms with Crippen molar-refractivity contribution in [3.8, 4) is 0 Å². The maximum Gasteiger partial charge on any atom is 0.406 e. The monoisotopic (exact) mass is 305 g/mol. The van der Waals surface area contributed by atoms with E-state index >= 15 is 0 Å². The summed E-state index contributed by atoms with van der Waals surface area (Å²) in [5, 5.41) is 1.77. The first-order valence-electron chi connectivity index (χ1n) is 7.47. The lowest BCUT2D eigenvalue weighted by molar-refractivity contribution is -0.139. The van der Waals surface area contributed by atoms with Crippen LogP contribution in [0.25, 0.3) is 21.8 Å². The van der Waals surface area contributed by atoms with Crippen LogP contribution in [0, 0.1) is 6.92 Å². The number of benzene rings is 2. The van der Waals surface area contributed by atoms with E-state index in [9.17, 15) is 13.2 Å². The van der Waals surface area contributed by atoms with Gasteiger partial charge in [0, 0.05) is 21.8 Å². The van der Waals surface area contributed by atoms with Gasteiger partial charge in [-0.25, -0.2) is 0 Å². The van der Waals surface area contributed by atoms with Gasteiger partial charge in [0.05, 0.1) is 0 Å². The van der Waals surface area contributed by atoms with Gasteiger partial charge in [0.25, 0.3) is 0 Å². The van der Waals surface area contributed by atoms with Crippen molar-refractivity contribution in [3.05, 3.63) is 47.5 Å². The molecule has 0 unspecified atom stereocenters. The number of aromatic nitrogens is 1. The van der Waals surface area contributed by atoms with Crippen molar-refractivity contribution in [2.24, 2.45) is 0 Å². The quantitative estimate of drug-likeness (QED) is 0.592. The fourth-order valence-corrected chi connectivity index (χ4v) is 3.04. The molecule has 1 aromatic heterocycles. The molecule has 0 spiro atoms. The Bertz CT molecular complexity index is 828. The molecule has 2 aromatic carbocycles.